The highest BCUT2D eigenvalue weighted by Crippen LogP contribution is 2.26. The fourth-order valence-electron chi connectivity index (χ4n) is 3.23. The molecule has 0 aliphatic heterocycles. The number of nitrogens with zero attached hydrogens (tertiary/aromatic N) is 2. The van der Waals surface area contributed by atoms with Crippen LogP contribution >= 0.6 is 0 Å². The topological polar surface area (TPSA) is 46.4 Å². The van der Waals surface area contributed by atoms with Gasteiger partial charge in [-0.1, -0.05) is 56.0 Å². The van der Waals surface area contributed by atoms with Gasteiger partial charge < -0.3 is 5.32 Å². The molecule has 0 spiro atoms. The molecule has 1 amide bonds. The minimum absolute atomic E-state index is 0.0617. The predicted octanol–water partition coefficient (Wildman–Crippen LogP) is 5.33. The Morgan fingerprint density at radius 2 is 1.86 bits per heavy atom. The first-order valence-corrected chi connectivity index (χ1v) is 10.1. The Labute approximate surface area is 167 Å². The lowest BCUT2D eigenvalue weighted by atomic mass is 10.1. The second kappa shape index (κ2) is 9.36. The molecule has 3 rings (SSSR count). The van der Waals surface area contributed by atoms with Crippen LogP contribution in [-0.2, 0) is 4.79 Å². The third-order valence-corrected chi connectivity index (χ3v) is 4.87. The van der Waals surface area contributed by atoms with Crippen LogP contribution in [0.2, 0.25) is 0 Å². The third kappa shape index (κ3) is 4.89. The molecule has 0 aliphatic carbocycles. The van der Waals surface area contributed by atoms with Crippen LogP contribution in [0, 0.1) is 13.8 Å². The maximum atomic E-state index is 12.2. The summed E-state index contributed by atoms with van der Waals surface area (Å²) in [5, 5.41) is 2.97. The third-order valence-electron chi connectivity index (χ3n) is 4.87. The first-order chi connectivity index (χ1) is 13.6. The van der Waals surface area contributed by atoms with Crippen molar-refractivity contribution >= 4 is 17.6 Å². The van der Waals surface area contributed by atoms with Crippen LogP contribution in [0.15, 0.2) is 48.7 Å². The summed E-state index contributed by atoms with van der Waals surface area (Å²) >= 11 is 0. The maximum absolute atomic E-state index is 12.2. The number of aryl methyl sites for hydroxylation is 2. The lowest BCUT2D eigenvalue weighted by molar-refractivity contribution is -0.116. The number of unbranched alkanes of at least 4 members (excludes halogenated alkanes) is 3. The summed E-state index contributed by atoms with van der Waals surface area (Å²) in [4.78, 5) is 17.1. The largest absolute Gasteiger partial charge is 0.353 e. The van der Waals surface area contributed by atoms with Gasteiger partial charge >= 0.3 is 0 Å². The summed E-state index contributed by atoms with van der Waals surface area (Å²) in [5.74, 6) is -0.0617. The number of amides is 1. The Balaban J connectivity index is 1.85. The Bertz CT molecular complexity index is 967. The molecule has 2 aromatic heterocycles. The number of hydrogen-bond donors (Lipinski definition) is 1. The molecular weight excluding hydrogens is 346 g/mol. The summed E-state index contributed by atoms with van der Waals surface area (Å²) in [6.45, 7) is 7.04. The summed E-state index contributed by atoms with van der Waals surface area (Å²) in [7, 11) is 0. The van der Waals surface area contributed by atoms with Gasteiger partial charge in [0.05, 0.1) is 11.4 Å². The number of carbonyl (C=O) groups is 1. The zero-order valence-corrected chi connectivity index (χ0v) is 17.0. The number of rotatable bonds is 8. The molecule has 146 valence electrons. The van der Waals surface area contributed by atoms with Crippen molar-refractivity contribution in [3.8, 4) is 11.3 Å². The quantitative estimate of drug-likeness (QED) is 0.427. The number of hydrogen-bond acceptors (Lipinski definition) is 2. The van der Waals surface area contributed by atoms with Crippen LogP contribution in [0.1, 0.15) is 49.4 Å². The van der Waals surface area contributed by atoms with Crippen molar-refractivity contribution in [2.45, 2.75) is 46.5 Å². The van der Waals surface area contributed by atoms with E-state index in [1.165, 1.54) is 18.4 Å². The molecule has 1 aromatic carbocycles. The number of carbonyl (C=O) groups excluding carboxylic acids is 1. The van der Waals surface area contributed by atoms with E-state index in [0.29, 0.717) is 0 Å². The van der Waals surface area contributed by atoms with Gasteiger partial charge in [0.1, 0.15) is 5.65 Å². The standard InChI is InChI=1S/C24H29N3O/c1-4-5-6-7-15-25-23(28)13-12-21-24(20-10-8-18(2)9-11-20)26-22-17-19(3)14-16-27(21)22/h8-14,16-17H,4-7,15H2,1-3H3,(H,25,28)/b13-12+. The minimum atomic E-state index is -0.0617. The Morgan fingerprint density at radius 3 is 2.61 bits per heavy atom. The van der Waals surface area contributed by atoms with Crippen LogP contribution < -0.4 is 5.32 Å². The second-order valence-corrected chi connectivity index (χ2v) is 7.33. The van der Waals surface area contributed by atoms with Gasteiger partial charge in [-0.15, -0.1) is 0 Å². The summed E-state index contributed by atoms with van der Waals surface area (Å²) in [6.07, 6.45) is 10.1. The van der Waals surface area contributed by atoms with E-state index in [1.807, 2.05) is 16.7 Å². The number of pyridine rings is 1. The van der Waals surface area contributed by atoms with Crippen molar-refractivity contribution in [1.29, 1.82) is 0 Å². The summed E-state index contributed by atoms with van der Waals surface area (Å²) in [5.41, 5.74) is 6.11. The second-order valence-electron chi connectivity index (χ2n) is 7.33. The normalized spacial score (nSPS) is 11.4. The van der Waals surface area contributed by atoms with Crippen LogP contribution in [-0.4, -0.2) is 21.8 Å². The van der Waals surface area contributed by atoms with Crippen molar-refractivity contribution in [3.05, 3.63) is 65.5 Å². The molecule has 0 radical (unpaired) electrons. The van der Waals surface area contributed by atoms with Gasteiger partial charge in [-0.3, -0.25) is 9.20 Å². The van der Waals surface area contributed by atoms with Crippen LogP contribution in [0.4, 0.5) is 0 Å². The van der Waals surface area contributed by atoms with Crippen molar-refractivity contribution in [2.24, 2.45) is 0 Å². The molecule has 28 heavy (non-hydrogen) atoms. The predicted molar refractivity (Wildman–Crippen MR) is 116 cm³/mol. The fourth-order valence-corrected chi connectivity index (χ4v) is 3.23. The first kappa shape index (κ1) is 19.9. The molecule has 0 saturated heterocycles. The van der Waals surface area contributed by atoms with Crippen molar-refractivity contribution < 1.29 is 4.79 Å². The van der Waals surface area contributed by atoms with E-state index in [1.54, 1.807) is 6.08 Å². The number of imidazole rings is 1. The van der Waals surface area contributed by atoms with Gasteiger partial charge in [0.15, 0.2) is 0 Å². The molecule has 4 nitrogen and oxygen atoms in total. The molecule has 0 bridgehead atoms. The van der Waals surface area contributed by atoms with Crippen molar-refractivity contribution in [1.82, 2.24) is 14.7 Å². The van der Waals surface area contributed by atoms with E-state index in [4.69, 9.17) is 4.98 Å². The van der Waals surface area contributed by atoms with E-state index < -0.39 is 0 Å². The zero-order chi connectivity index (χ0) is 19.9. The molecule has 0 saturated carbocycles. The number of aromatic nitrogens is 2. The summed E-state index contributed by atoms with van der Waals surface area (Å²) in [6, 6.07) is 12.4. The molecule has 0 fully saturated rings. The molecule has 2 heterocycles. The van der Waals surface area contributed by atoms with Crippen LogP contribution in [0.3, 0.4) is 0 Å². The molecule has 1 N–H and O–H groups in total. The van der Waals surface area contributed by atoms with E-state index in [0.717, 1.165) is 47.5 Å². The minimum Gasteiger partial charge on any atom is -0.353 e. The highest BCUT2D eigenvalue weighted by Gasteiger charge is 2.12. The van der Waals surface area contributed by atoms with E-state index in [2.05, 4.69) is 62.5 Å². The Kier molecular flexibility index (Phi) is 6.64. The lowest BCUT2D eigenvalue weighted by Crippen LogP contribution is -2.22. The average molecular weight is 376 g/mol. The van der Waals surface area contributed by atoms with Gasteiger partial charge in [-0.2, -0.15) is 0 Å². The fraction of sp³-hybridized carbons (Fsp3) is 0.333. The van der Waals surface area contributed by atoms with Gasteiger partial charge in [0.25, 0.3) is 0 Å². The van der Waals surface area contributed by atoms with Crippen LogP contribution in [0.5, 0.6) is 0 Å². The van der Waals surface area contributed by atoms with Crippen LogP contribution in [0.25, 0.3) is 23.0 Å². The maximum Gasteiger partial charge on any atom is 0.244 e. The number of benzene rings is 1. The zero-order valence-electron chi connectivity index (χ0n) is 17.0. The van der Waals surface area contributed by atoms with E-state index in [9.17, 15) is 4.79 Å². The van der Waals surface area contributed by atoms with Gasteiger partial charge in [-0.05, 0) is 44.0 Å². The lowest BCUT2D eigenvalue weighted by Gasteiger charge is -2.03. The van der Waals surface area contributed by atoms with E-state index in [-0.39, 0.29) is 5.91 Å². The highest BCUT2D eigenvalue weighted by molar-refractivity contribution is 5.92. The average Bonchev–Trinajstić information content (AvgIpc) is 3.04. The summed E-state index contributed by atoms with van der Waals surface area (Å²) < 4.78 is 2.03. The monoisotopic (exact) mass is 375 g/mol. The van der Waals surface area contributed by atoms with Gasteiger partial charge in [0.2, 0.25) is 5.91 Å². The molecule has 3 aromatic rings. The Morgan fingerprint density at radius 1 is 1.07 bits per heavy atom. The van der Waals surface area contributed by atoms with Crippen molar-refractivity contribution in [2.75, 3.05) is 6.54 Å². The molecule has 0 atom stereocenters. The molecule has 4 heteroatoms. The molecular formula is C24H29N3O. The molecule has 0 aliphatic rings. The van der Waals surface area contributed by atoms with Gasteiger partial charge in [-0.25, -0.2) is 4.98 Å². The van der Waals surface area contributed by atoms with Crippen molar-refractivity contribution in [3.63, 3.8) is 0 Å². The Hall–Kier alpha value is -2.88. The van der Waals surface area contributed by atoms with Gasteiger partial charge in [0, 0.05) is 24.4 Å². The highest BCUT2D eigenvalue weighted by atomic mass is 16.1. The number of nitrogens with one attached hydrogen (secondary N) is 1. The smallest absolute Gasteiger partial charge is 0.244 e. The number of fused-ring (bicyclic) bond motifs is 1. The SMILES string of the molecule is CCCCCCNC(=O)/C=C/c1c(-c2ccc(C)cc2)nc2cc(C)ccn12. The molecule has 0 unspecified atom stereocenters. The van der Waals surface area contributed by atoms with E-state index >= 15 is 0 Å². The first-order valence-electron chi connectivity index (χ1n) is 10.1.